The van der Waals surface area contributed by atoms with Gasteiger partial charge in [0.05, 0.1) is 17.4 Å². The predicted octanol–water partition coefficient (Wildman–Crippen LogP) is 1.26. The fourth-order valence-corrected chi connectivity index (χ4v) is 1.65. The molecule has 1 aromatic heterocycles. The Morgan fingerprint density at radius 2 is 2.28 bits per heavy atom. The number of imidazole rings is 1. The van der Waals surface area contributed by atoms with E-state index in [0.717, 1.165) is 5.82 Å². The van der Waals surface area contributed by atoms with E-state index < -0.39 is 5.91 Å². The van der Waals surface area contributed by atoms with Gasteiger partial charge < -0.3 is 21.8 Å². The lowest BCUT2D eigenvalue weighted by atomic mass is 10.1. The van der Waals surface area contributed by atoms with Gasteiger partial charge in [0.25, 0.3) is 0 Å². The molecule has 0 aliphatic rings. The summed E-state index contributed by atoms with van der Waals surface area (Å²) in [5.74, 6) is 0.308. The normalized spacial score (nSPS) is 12.1. The molecule has 0 aliphatic carbocycles. The van der Waals surface area contributed by atoms with Crippen molar-refractivity contribution in [3.63, 3.8) is 0 Å². The number of carbonyl (C=O) groups excluding carboxylic acids is 1. The van der Waals surface area contributed by atoms with Crippen LogP contribution in [0.5, 0.6) is 0 Å². The number of aromatic nitrogens is 2. The number of benzene rings is 1. The quantitative estimate of drug-likeness (QED) is 0.608. The molecule has 2 aromatic rings. The molecule has 0 bridgehead atoms. The van der Waals surface area contributed by atoms with E-state index in [1.165, 1.54) is 0 Å². The molecule has 0 saturated carbocycles. The van der Waals surface area contributed by atoms with Crippen LogP contribution in [-0.2, 0) is 0 Å². The number of H-pyrrole nitrogens is 1. The summed E-state index contributed by atoms with van der Waals surface area (Å²) in [6.45, 7) is 1.94. The second-order valence-corrected chi connectivity index (χ2v) is 4.01. The van der Waals surface area contributed by atoms with Crippen molar-refractivity contribution in [2.45, 2.75) is 13.0 Å². The van der Waals surface area contributed by atoms with Crippen molar-refractivity contribution >= 4 is 17.3 Å². The van der Waals surface area contributed by atoms with Gasteiger partial charge in [-0.2, -0.15) is 0 Å². The Kier molecular flexibility index (Phi) is 3.18. The van der Waals surface area contributed by atoms with Gasteiger partial charge in [0.15, 0.2) is 0 Å². The second kappa shape index (κ2) is 4.79. The zero-order chi connectivity index (χ0) is 13.1. The zero-order valence-electron chi connectivity index (χ0n) is 9.97. The molecule has 6 nitrogen and oxygen atoms in total. The Balaban J connectivity index is 2.23. The number of anilines is 2. The van der Waals surface area contributed by atoms with Crippen LogP contribution >= 0.6 is 0 Å². The van der Waals surface area contributed by atoms with Crippen LogP contribution < -0.4 is 16.8 Å². The highest BCUT2D eigenvalue weighted by atomic mass is 16.1. The smallest absolute Gasteiger partial charge is 0.248 e. The van der Waals surface area contributed by atoms with Gasteiger partial charge in [0.2, 0.25) is 5.91 Å². The molecule has 0 fully saturated rings. The minimum atomic E-state index is -0.483. The summed E-state index contributed by atoms with van der Waals surface area (Å²) < 4.78 is 0. The Morgan fingerprint density at radius 1 is 1.50 bits per heavy atom. The van der Waals surface area contributed by atoms with Crippen molar-refractivity contribution in [1.29, 1.82) is 0 Å². The summed E-state index contributed by atoms with van der Waals surface area (Å²) in [4.78, 5) is 18.3. The number of primary amides is 1. The second-order valence-electron chi connectivity index (χ2n) is 4.01. The third-order valence-electron chi connectivity index (χ3n) is 2.64. The third kappa shape index (κ3) is 2.42. The lowest BCUT2D eigenvalue weighted by Gasteiger charge is -2.15. The molecule has 1 atom stereocenters. The Labute approximate surface area is 104 Å². The highest BCUT2D eigenvalue weighted by molar-refractivity contribution is 5.94. The first-order chi connectivity index (χ1) is 8.58. The molecule has 6 heteroatoms. The molecule has 0 aliphatic heterocycles. The van der Waals surface area contributed by atoms with Crippen molar-refractivity contribution in [3.8, 4) is 0 Å². The molecule has 1 unspecified atom stereocenters. The van der Waals surface area contributed by atoms with E-state index in [2.05, 4.69) is 15.3 Å². The number of nitrogen functional groups attached to an aromatic ring is 1. The van der Waals surface area contributed by atoms with Gasteiger partial charge in [-0.25, -0.2) is 4.98 Å². The lowest BCUT2D eigenvalue weighted by molar-refractivity contribution is 0.100. The highest BCUT2D eigenvalue weighted by Crippen LogP contribution is 2.24. The van der Waals surface area contributed by atoms with Gasteiger partial charge in [-0.3, -0.25) is 4.79 Å². The van der Waals surface area contributed by atoms with Crippen molar-refractivity contribution in [2.24, 2.45) is 5.73 Å². The number of nitrogens with two attached hydrogens (primary N) is 2. The summed E-state index contributed by atoms with van der Waals surface area (Å²) in [6.07, 6.45) is 3.42. The van der Waals surface area contributed by atoms with E-state index in [4.69, 9.17) is 11.5 Å². The van der Waals surface area contributed by atoms with Gasteiger partial charge in [-0.15, -0.1) is 0 Å². The summed E-state index contributed by atoms with van der Waals surface area (Å²) >= 11 is 0. The van der Waals surface area contributed by atoms with Gasteiger partial charge in [0, 0.05) is 18.0 Å². The first-order valence-corrected chi connectivity index (χ1v) is 5.53. The molecular weight excluding hydrogens is 230 g/mol. The van der Waals surface area contributed by atoms with E-state index in [1.54, 1.807) is 30.6 Å². The van der Waals surface area contributed by atoms with Gasteiger partial charge in [0.1, 0.15) is 5.82 Å². The molecule has 1 aromatic carbocycles. The van der Waals surface area contributed by atoms with Crippen molar-refractivity contribution in [2.75, 3.05) is 11.1 Å². The summed E-state index contributed by atoms with van der Waals surface area (Å²) in [5, 5.41) is 3.18. The molecule has 18 heavy (non-hydrogen) atoms. The number of aromatic amines is 1. The number of carbonyl (C=O) groups is 1. The van der Waals surface area contributed by atoms with Crippen LogP contribution in [0, 0.1) is 0 Å². The standard InChI is InChI=1S/C12H15N5O/c1-7(12-15-4-5-16-12)17-10-6-8(11(14)18)2-3-9(10)13/h2-7,17H,13H2,1H3,(H2,14,18)(H,15,16). The fraction of sp³-hybridized carbons (Fsp3) is 0.167. The molecule has 94 valence electrons. The number of nitrogens with one attached hydrogen (secondary N) is 2. The summed E-state index contributed by atoms with van der Waals surface area (Å²) in [5.41, 5.74) is 12.7. The number of amides is 1. The monoisotopic (exact) mass is 245 g/mol. The first-order valence-electron chi connectivity index (χ1n) is 5.53. The van der Waals surface area contributed by atoms with Gasteiger partial charge in [-0.05, 0) is 25.1 Å². The predicted molar refractivity (Wildman–Crippen MR) is 70.0 cm³/mol. The van der Waals surface area contributed by atoms with Crippen LogP contribution in [0.3, 0.4) is 0 Å². The van der Waals surface area contributed by atoms with Crippen LogP contribution in [0.2, 0.25) is 0 Å². The van der Waals surface area contributed by atoms with E-state index >= 15 is 0 Å². The zero-order valence-corrected chi connectivity index (χ0v) is 9.97. The van der Waals surface area contributed by atoms with E-state index in [0.29, 0.717) is 16.9 Å². The molecule has 2 rings (SSSR count). The average Bonchev–Trinajstić information content (AvgIpc) is 2.85. The van der Waals surface area contributed by atoms with Crippen LogP contribution in [-0.4, -0.2) is 15.9 Å². The van der Waals surface area contributed by atoms with Gasteiger partial charge >= 0.3 is 0 Å². The molecular formula is C12H15N5O. The van der Waals surface area contributed by atoms with Crippen LogP contribution in [0.15, 0.2) is 30.6 Å². The average molecular weight is 245 g/mol. The lowest BCUT2D eigenvalue weighted by Crippen LogP contribution is -2.14. The van der Waals surface area contributed by atoms with Crippen LogP contribution in [0.1, 0.15) is 29.1 Å². The van der Waals surface area contributed by atoms with Crippen molar-refractivity contribution in [3.05, 3.63) is 42.0 Å². The molecule has 0 radical (unpaired) electrons. The SMILES string of the molecule is CC(Nc1cc(C(N)=O)ccc1N)c1ncc[nH]1. The largest absolute Gasteiger partial charge is 0.397 e. The number of rotatable bonds is 4. The minimum Gasteiger partial charge on any atom is -0.397 e. The minimum absolute atomic E-state index is 0.0505. The number of nitrogens with zero attached hydrogens (tertiary/aromatic N) is 1. The number of hydrogen-bond acceptors (Lipinski definition) is 4. The van der Waals surface area contributed by atoms with Crippen LogP contribution in [0.4, 0.5) is 11.4 Å². The molecule has 6 N–H and O–H groups in total. The van der Waals surface area contributed by atoms with E-state index in [1.807, 2.05) is 6.92 Å². The van der Waals surface area contributed by atoms with Crippen molar-refractivity contribution in [1.82, 2.24) is 9.97 Å². The van der Waals surface area contributed by atoms with E-state index in [9.17, 15) is 4.79 Å². The van der Waals surface area contributed by atoms with E-state index in [-0.39, 0.29) is 6.04 Å². The van der Waals surface area contributed by atoms with Gasteiger partial charge in [-0.1, -0.05) is 0 Å². The third-order valence-corrected chi connectivity index (χ3v) is 2.64. The molecule has 1 heterocycles. The number of hydrogen-bond donors (Lipinski definition) is 4. The summed E-state index contributed by atoms with van der Waals surface area (Å²) in [6, 6.07) is 4.83. The molecule has 0 saturated heterocycles. The topological polar surface area (TPSA) is 110 Å². The molecule has 1 amide bonds. The summed E-state index contributed by atoms with van der Waals surface area (Å²) in [7, 11) is 0. The van der Waals surface area contributed by atoms with Crippen molar-refractivity contribution < 1.29 is 4.79 Å². The molecule has 0 spiro atoms. The maximum atomic E-state index is 11.1. The highest BCUT2D eigenvalue weighted by Gasteiger charge is 2.11. The Morgan fingerprint density at radius 3 is 2.89 bits per heavy atom. The van der Waals surface area contributed by atoms with Crippen LogP contribution in [0.25, 0.3) is 0 Å². The fourth-order valence-electron chi connectivity index (χ4n) is 1.65. The first kappa shape index (κ1) is 12.0. The Hall–Kier alpha value is -2.50. The maximum Gasteiger partial charge on any atom is 0.248 e. The Bertz CT molecular complexity index is 550. The maximum absolute atomic E-state index is 11.1.